The summed E-state index contributed by atoms with van der Waals surface area (Å²) >= 11 is 0. The highest BCUT2D eigenvalue weighted by Gasteiger charge is 2.27. The van der Waals surface area contributed by atoms with Gasteiger partial charge in [-0.3, -0.25) is 9.69 Å². The topological polar surface area (TPSA) is 62.8 Å². The minimum absolute atomic E-state index is 0.00333. The van der Waals surface area contributed by atoms with Crippen LogP contribution in [0.2, 0.25) is 0 Å². The van der Waals surface area contributed by atoms with E-state index in [0.717, 1.165) is 44.2 Å². The Bertz CT molecular complexity index is 511. The smallest absolute Gasteiger partial charge is 0.234 e. The summed E-state index contributed by atoms with van der Waals surface area (Å²) in [4.78, 5) is 14.4. The van der Waals surface area contributed by atoms with E-state index in [2.05, 4.69) is 29.4 Å². The van der Waals surface area contributed by atoms with Crippen molar-refractivity contribution in [1.82, 2.24) is 15.5 Å². The predicted octanol–water partition coefficient (Wildman–Crippen LogP) is 1.01. The van der Waals surface area contributed by atoms with Gasteiger partial charge in [-0.05, 0) is 31.5 Å². The molecule has 24 heavy (non-hydrogen) atoms. The first-order valence-corrected chi connectivity index (χ1v) is 8.44. The molecule has 1 aliphatic rings. The maximum absolute atomic E-state index is 12.0. The Hall–Kier alpha value is -1.63. The van der Waals surface area contributed by atoms with Crippen molar-refractivity contribution >= 4 is 5.91 Å². The maximum atomic E-state index is 12.0. The van der Waals surface area contributed by atoms with Crippen molar-refractivity contribution in [1.29, 1.82) is 0 Å². The van der Waals surface area contributed by atoms with Crippen LogP contribution >= 0.6 is 0 Å². The van der Waals surface area contributed by atoms with Crippen LogP contribution < -0.4 is 15.4 Å². The maximum Gasteiger partial charge on any atom is 0.234 e. The SMILES string of the molecule is COc1ccc(CNC(=O)CNCC(C)(C)N2CCOCC2)cc1. The zero-order valence-corrected chi connectivity index (χ0v) is 14.9. The van der Waals surface area contributed by atoms with E-state index in [1.165, 1.54) is 0 Å². The van der Waals surface area contributed by atoms with Gasteiger partial charge >= 0.3 is 0 Å². The Labute approximate surface area is 144 Å². The van der Waals surface area contributed by atoms with Crippen molar-refractivity contribution in [2.75, 3.05) is 46.5 Å². The summed E-state index contributed by atoms with van der Waals surface area (Å²) in [6, 6.07) is 7.69. The Morgan fingerprint density at radius 3 is 2.54 bits per heavy atom. The average molecular weight is 335 g/mol. The third-order valence-electron chi connectivity index (χ3n) is 4.36. The van der Waals surface area contributed by atoms with Crippen LogP contribution in [0.3, 0.4) is 0 Å². The van der Waals surface area contributed by atoms with E-state index >= 15 is 0 Å². The largest absolute Gasteiger partial charge is 0.497 e. The van der Waals surface area contributed by atoms with E-state index in [-0.39, 0.29) is 11.4 Å². The zero-order chi connectivity index (χ0) is 17.4. The first kappa shape index (κ1) is 18.7. The fraction of sp³-hybridized carbons (Fsp3) is 0.611. The molecule has 1 aromatic carbocycles. The predicted molar refractivity (Wildman–Crippen MR) is 94.2 cm³/mol. The lowest BCUT2D eigenvalue weighted by atomic mass is 10.0. The van der Waals surface area contributed by atoms with Gasteiger partial charge in [0.25, 0.3) is 0 Å². The standard InChI is InChI=1S/C18H29N3O3/c1-18(2,21-8-10-24-11-9-21)14-19-13-17(22)20-12-15-4-6-16(23-3)7-5-15/h4-7,19H,8-14H2,1-3H3,(H,20,22). The molecule has 1 aromatic rings. The molecule has 1 amide bonds. The summed E-state index contributed by atoms with van der Waals surface area (Å²) in [5.41, 5.74) is 1.07. The molecule has 2 N–H and O–H groups in total. The Balaban J connectivity index is 1.66. The third-order valence-corrected chi connectivity index (χ3v) is 4.36. The van der Waals surface area contributed by atoms with Gasteiger partial charge in [-0.25, -0.2) is 0 Å². The van der Waals surface area contributed by atoms with Crippen LogP contribution in [0, 0.1) is 0 Å². The Kier molecular flexibility index (Phi) is 7.02. The molecule has 0 aromatic heterocycles. The highest BCUT2D eigenvalue weighted by molar-refractivity contribution is 5.77. The zero-order valence-electron chi connectivity index (χ0n) is 14.9. The molecule has 134 valence electrons. The number of carbonyl (C=O) groups is 1. The number of carbonyl (C=O) groups excluding carboxylic acids is 1. The van der Waals surface area contributed by atoms with E-state index in [0.29, 0.717) is 13.1 Å². The lowest BCUT2D eigenvalue weighted by molar-refractivity contribution is -0.120. The minimum Gasteiger partial charge on any atom is -0.497 e. The van der Waals surface area contributed by atoms with Gasteiger partial charge in [-0.1, -0.05) is 12.1 Å². The molecule has 0 aliphatic carbocycles. The number of methoxy groups -OCH3 is 1. The van der Waals surface area contributed by atoms with Crippen molar-refractivity contribution in [2.24, 2.45) is 0 Å². The van der Waals surface area contributed by atoms with Crippen LogP contribution in [-0.2, 0) is 16.1 Å². The number of morpholine rings is 1. The van der Waals surface area contributed by atoms with Crippen molar-refractivity contribution < 1.29 is 14.3 Å². The fourth-order valence-electron chi connectivity index (χ4n) is 2.77. The Morgan fingerprint density at radius 1 is 1.25 bits per heavy atom. The van der Waals surface area contributed by atoms with Gasteiger partial charge in [-0.2, -0.15) is 0 Å². The summed E-state index contributed by atoms with van der Waals surface area (Å²) in [5, 5.41) is 6.19. The summed E-state index contributed by atoms with van der Waals surface area (Å²) in [6.45, 7) is 9.46. The highest BCUT2D eigenvalue weighted by Crippen LogP contribution is 2.15. The number of rotatable bonds is 8. The van der Waals surface area contributed by atoms with Crippen LogP contribution in [0.5, 0.6) is 5.75 Å². The monoisotopic (exact) mass is 335 g/mol. The normalized spacial score (nSPS) is 16.0. The molecule has 6 nitrogen and oxygen atoms in total. The molecule has 0 atom stereocenters. The highest BCUT2D eigenvalue weighted by atomic mass is 16.5. The fourth-order valence-corrected chi connectivity index (χ4v) is 2.77. The lowest BCUT2D eigenvalue weighted by Crippen LogP contribution is -2.55. The van der Waals surface area contributed by atoms with Gasteiger partial charge in [0.05, 0.1) is 26.9 Å². The van der Waals surface area contributed by atoms with Crippen LogP contribution in [0.1, 0.15) is 19.4 Å². The number of ether oxygens (including phenoxy) is 2. The van der Waals surface area contributed by atoms with E-state index in [4.69, 9.17) is 9.47 Å². The lowest BCUT2D eigenvalue weighted by Gasteiger charge is -2.41. The molecule has 0 spiro atoms. The van der Waals surface area contributed by atoms with Crippen LogP contribution in [0.15, 0.2) is 24.3 Å². The summed E-state index contributed by atoms with van der Waals surface area (Å²) in [6.07, 6.45) is 0. The molecule has 1 saturated heterocycles. The second-order valence-electron chi connectivity index (χ2n) is 6.64. The summed E-state index contributed by atoms with van der Waals surface area (Å²) in [5.74, 6) is 0.820. The van der Waals surface area contributed by atoms with Gasteiger partial charge in [0, 0.05) is 31.7 Å². The van der Waals surface area contributed by atoms with E-state index in [1.54, 1.807) is 7.11 Å². The second kappa shape index (κ2) is 9.01. The van der Waals surface area contributed by atoms with Crippen molar-refractivity contribution in [3.05, 3.63) is 29.8 Å². The number of amides is 1. The average Bonchev–Trinajstić information content (AvgIpc) is 2.61. The van der Waals surface area contributed by atoms with E-state index in [9.17, 15) is 4.79 Å². The Morgan fingerprint density at radius 2 is 1.92 bits per heavy atom. The molecule has 1 heterocycles. The molecule has 6 heteroatoms. The first-order valence-electron chi connectivity index (χ1n) is 8.44. The number of hydrogen-bond acceptors (Lipinski definition) is 5. The van der Waals surface area contributed by atoms with Crippen molar-refractivity contribution in [3.8, 4) is 5.75 Å². The van der Waals surface area contributed by atoms with Crippen molar-refractivity contribution in [2.45, 2.75) is 25.9 Å². The quantitative estimate of drug-likeness (QED) is 0.742. The van der Waals surface area contributed by atoms with Gasteiger partial charge in [0.15, 0.2) is 0 Å². The van der Waals surface area contributed by atoms with Crippen LogP contribution in [-0.4, -0.2) is 62.8 Å². The number of hydrogen-bond donors (Lipinski definition) is 2. The van der Waals surface area contributed by atoms with Gasteiger partial charge in [-0.15, -0.1) is 0 Å². The molecule has 0 bridgehead atoms. The van der Waals surface area contributed by atoms with Crippen LogP contribution in [0.25, 0.3) is 0 Å². The number of nitrogens with one attached hydrogen (secondary N) is 2. The molecule has 0 saturated carbocycles. The van der Waals surface area contributed by atoms with E-state index in [1.807, 2.05) is 24.3 Å². The van der Waals surface area contributed by atoms with Gasteiger partial charge in [0.2, 0.25) is 5.91 Å². The third kappa shape index (κ3) is 5.78. The summed E-state index contributed by atoms with van der Waals surface area (Å²) in [7, 11) is 1.64. The van der Waals surface area contributed by atoms with Gasteiger partial charge in [0.1, 0.15) is 5.75 Å². The first-order chi connectivity index (χ1) is 11.5. The number of nitrogens with zero attached hydrogens (tertiary/aromatic N) is 1. The minimum atomic E-state index is 0.00333. The van der Waals surface area contributed by atoms with Gasteiger partial charge < -0.3 is 20.1 Å². The summed E-state index contributed by atoms with van der Waals surface area (Å²) < 4.78 is 10.5. The molecule has 0 unspecified atom stereocenters. The molecule has 2 rings (SSSR count). The van der Waals surface area contributed by atoms with E-state index < -0.39 is 0 Å². The molecule has 1 aliphatic heterocycles. The van der Waals surface area contributed by atoms with Crippen LogP contribution in [0.4, 0.5) is 0 Å². The molecule has 0 radical (unpaired) electrons. The number of benzene rings is 1. The molecular weight excluding hydrogens is 306 g/mol. The molecule has 1 fully saturated rings. The molecular formula is C18H29N3O3. The second-order valence-corrected chi connectivity index (χ2v) is 6.64. The van der Waals surface area contributed by atoms with Crippen molar-refractivity contribution in [3.63, 3.8) is 0 Å².